The van der Waals surface area contributed by atoms with E-state index in [1.807, 2.05) is 0 Å². The summed E-state index contributed by atoms with van der Waals surface area (Å²) < 4.78 is 42.0. The van der Waals surface area contributed by atoms with Crippen molar-refractivity contribution in [1.29, 1.82) is 0 Å². The number of hydrogen-bond acceptors (Lipinski definition) is 3. The molecule has 26 heavy (non-hydrogen) atoms. The van der Waals surface area contributed by atoms with E-state index in [0.29, 0.717) is 11.3 Å². The number of benzene rings is 2. The minimum atomic E-state index is -4.96. The van der Waals surface area contributed by atoms with Gasteiger partial charge in [0.05, 0.1) is 13.5 Å². The maximum absolute atomic E-state index is 12.3. The van der Waals surface area contributed by atoms with Gasteiger partial charge in [0.15, 0.2) is 0 Å². The zero-order chi connectivity index (χ0) is 19.2. The van der Waals surface area contributed by atoms with E-state index < -0.39 is 12.1 Å². The predicted molar refractivity (Wildman–Crippen MR) is 89.7 cm³/mol. The first-order chi connectivity index (χ1) is 12.3. The molecule has 2 amide bonds. The minimum absolute atomic E-state index is 0.00352. The summed E-state index contributed by atoms with van der Waals surface area (Å²) in [5, 5.41) is 4.45. The molecule has 0 bridgehead atoms. The molecule has 0 fully saturated rings. The Labute approximate surface area is 148 Å². The second-order valence-electron chi connectivity index (χ2n) is 5.42. The predicted octanol–water partition coefficient (Wildman–Crippen LogP) is 3.05. The molecule has 2 aromatic carbocycles. The quantitative estimate of drug-likeness (QED) is 0.826. The summed E-state index contributed by atoms with van der Waals surface area (Å²) in [6.45, 7) is 0.115. The molecule has 138 valence electrons. The van der Waals surface area contributed by atoms with Gasteiger partial charge in [-0.05, 0) is 23.8 Å². The van der Waals surface area contributed by atoms with Gasteiger partial charge in [-0.15, -0.1) is 0 Å². The van der Waals surface area contributed by atoms with Gasteiger partial charge >= 0.3 is 12.1 Å². The lowest BCUT2D eigenvalue weighted by Gasteiger charge is -2.11. The number of amides is 2. The van der Waals surface area contributed by atoms with Crippen molar-refractivity contribution in [2.45, 2.75) is 19.1 Å². The SMILES string of the molecule is COc1ccccc1CC(=O)NCc1cccc(NC(=O)C(F)(F)F)c1. The van der Waals surface area contributed by atoms with Crippen LogP contribution >= 0.6 is 0 Å². The number of ether oxygens (including phenoxy) is 1. The van der Waals surface area contributed by atoms with E-state index in [4.69, 9.17) is 4.74 Å². The summed E-state index contributed by atoms with van der Waals surface area (Å²) in [4.78, 5) is 23.0. The normalized spacial score (nSPS) is 10.9. The molecule has 0 heterocycles. The molecule has 8 heteroatoms. The zero-order valence-electron chi connectivity index (χ0n) is 13.9. The Balaban J connectivity index is 1.94. The van der Waals surface area contributed by atoms with Crippen molar-refractivity contribution < 1.29 is 27.5 Å². The second-order valence-corrected chi connectivity index (χ2v) is 5.42. The summed E-state index contributed by atoms with van der Waals surface area (Å²) >= 11 is 0. The van der Waals surface area contributed by atoms with Crippen LogP contribution in [-0.4, -0.2) is 25.1 Å². The van der Waals surface area contributed by atoms with Gasteiger partial charge in [-0.1, -0.05) is 30.3 Å². The summed E-state index contributed by atoms with van der Waals surface area (Å²) in [5.41, 5.74) is 1.28. The van der Waals surface area contributed by atoms with Gasteiger partial charge in [0.25, 0.3) is 0 Å². The van der Waals surface area contributed by atoms with E-state index in [0.717, 1.165) is 5.56 Å². The van der Waals surface area contributed by atoms with Crippen LogP contribution in [0.25, 0.3) is 0 Å². The topological polar surface area (TPSA) is 67.4 Å². The molecular formula is C18H17F3N2O3. The molecule has 0 aliphatic carbocycles. The molecular weight excluding hydrogens is 349 g/mol. The maximum Gasteiger partial charge on any atom is 0.471 e. The van der Waals surface area contributed by atoms with Crippen LogP contribution in [0.1, 0.15) is 11.1 Å². The van der Waals surface area contributed by atoms with Crippen LogP contribution in [0.2, 0.25) is 0 Å². The highest BCUT2D eigenvalue weighted by molar-refractivity contribution is 5.94. The monoisotopic (exact) mass is 366 g/mol. The highest BCUT2D eigenvalue weighted by Crippen LogP contribution is 2.19. The molecule has 0 aliphatic heterocycles. The van der Waals surface area contributed by atoms with Crippen molar-refractivity contribution in [1.82, 2.24) is 5.32 Å². The Kier molecular flexibility index (Phi) is 6.21. The number of carbonyl (C=O) groups excluding carboxylic acids is 2. The Morgan fingerprint density at radius 3 is 2.50 bits per heavy atom. The molecule has 0 aromatic heterocycles. The van der Waals surface area contributed by atoms with Gasteiger partial charge in [0.1, 0.15) is 5.75 Å². The second kappa shape index (κ2) is 8.37. The number of methoxy groups -OCH3 is 1. The van der Waals surface area contributed by atoms with Crippen LogP contribution in [0, 0.1) is 0 Å². The summed E-state index contributed by atoms with van der Waals surface area (Å²) in [5.74, 6) is -1.71. The van der Waals surface area contributed by atoms with Crippen molar-refractivity contribution in [3.63, 3.8) is 0 Å². The first-order valence-electron chi connectivity index (χ1n) is 7.65. The minimum Gasteiger partial charge on any atom is -0.496 e. The van der Waals surface area contributed by atoms with Gasteiger partial charge in [-0.25, -0.2) is 0 Å². The first-order valence-corrected chi connectivity index (χ1v) is 7.65. The molecule has 2 aromatic rings. The fourth-order valence-corrected chi connectivity index (χ4v) is 2.25. The number of para-hydroxylation sites is 1. The van der Waals surface area contributed by atoms with Crippen molar-refractivity contribution in [3.05, 3.63) is 59.7 Å². The highest BCUT2D eigenvalue weighted by Gasteiger charge is 2.38. The number of carbonyl (C=O) groups is 2. The maximum atomic E-state index is 12.3. The molecule has 0 saturated heterocycles. The van der Waals surface area contributed by atoms with E-state index in [1.165, 1.54) is 25.3 Å². The van der Waals surface area contributed by atoms with Crippen molar-refractivity contribution in [2.75, 3.05) is 12.4 Å². The van der Waals surface area contributed by atoms with E-state index >= 15 is 0 Å². The number of anilines is 1. The van der Waals surface area contributed by atoms with E-state index in [9.17, 15) is 22.8 Å². The van der Waals surface area contributed by atoms with Crippen LogP contribution in [0.5, 0.6) is 5.75 Å². The Morgan fingerprint density at radius 2 is 1.81 bits per heavy atom. The third-order valence-electron chi connectivity index (χ3n) is 3.48. The molecule has 2 N–H and O–H groups in total. The Bertz CT molecular complexity index is 791. The molecule has 0 radical (unpaired) electrons. The summed E-state index contributed by atoms with van der Waals surface area (Å²) in [6.07, 6.45) is -4.85. The summed E-state index contributed by atoms with van der Waals surface area (Å²) in [7, 11) is 1.51. The average Bonchev–Trinajstić information content (AvgIpc) is 2.60. The number of hydrogen-bond donors (Lipinski definition) is 2. The van der Waals surface area contributed by atoms with Crippen LogP contribution in [-0.2, 0) is 22.6 Å². The fraction of sp³-hybridized carbons (Fsp3) is 0.222. The number of alkyl halides is 3. The van der Waals surface area contributed by atoms with E-state index in [2.05, 4.69) is 5.32 Å². The molecule has 2 rings (SSSR count). The lowest BCUT2D eigenvalue weighted by molar-refractivity contribution is -0.167. The fourth-order valence-electron chi connectivity index (χ4n) is 2.25. The van der Waals surface area contributed by atoms with E-state index in [1.54, 1.807) is 35.6 Å². The van der Waals surface area contributed by atoms with Crippen LogP contribution in [0.3, 0.4) is 0 Å². The van der Waals surface area contributed by atoms with Crippen LogP contribution < -0.4 is 15.4 Å². The van der Waals surface area contributed by atoms with Gasteiger partial charge in [-0.3, -0.25) is 9.59 Å². The Morgan fingerprint density at radius 1 is 1.08 bits per heavy atom. The molecule has 0 atom stereocenters. The average molecular weight is 366 g/mol. The third-order valence-corrected chi connectivity index (χ3v) is 3.48. The number of rotatable bonds is 6. The molecule has 0 aliphatic rings. The van der Waals surface area contributed by atoms with Gasteiger partial charge < -0.3 is 15.4 Å². The lowest BCUT2D eigenvalue weighted by atomic mass is 10.1. The highest BCUT2D eigenvalue weighted by atomic mass is 19.4. The van der Waals surface area contributed by atoms with Crippen molar-refractivity contribution >= 4 is 17.5 Å². The molecule has 0 spiro atoms. The first kappa shape index (κ1) is 19.3. The third kappa shape index (κ3) is 5.51. The summed E-state index contributed by atoms with van der Waals surface area (Å²) in [6, 6.07) is 12.9. The molecule has 0 saturated carbocycles. The van der Waals surface area contributed by atoms with Crippen LogP contribution in [0.15, 0.2) is 48.5 Å². The van der Waals surface area contributed by atoms with Gasteiger partial charge in [-0.2, -0.15) is 13.2 Å². The smallest absolute Gasteiger partial charge is 0.471 e. The Hall–Kier alpha value is -3.03. The van der Waals surface area contributed by atoms with Gasteiger partial charge in [0, 0.05) is 17.8 Å². The zero-order valence-corrected chi connectivity index (χ0v) is 13.9. The van der Waals surface area contributed by atoms with Crippen LogP contribution in [0.4, 0.5) is 18.9 Å². The van der Waals surface area contributed by atoms with Crippen molar-refractivity contribution in [3.8, 4) is 5.75 Å². The lowest BCUT2D eigenvalue weighted by Crippen LogP contribution is -2.30. The van der Waals surface area contributed by atoms with Gasteiger partial charge in [0.2, 0.25) is 5.91 Å². The molecule has 5 nitrogen and oxygen atoms in total. The van der Waals surface area contributed by atoms with Crippen molar-refractivity contribution in [2.24, 2.45) is 0 Å². The van der Waals surface area contributed by atoms with E-state index in [-0.39, 0.29) is 24.6 Å². The number of nitrogens with one attached hydrogen (secondary N) is 2. The largest absolute Gasteiger partial charge is 0.496 e. The number of halogens is 3. The molecule has 0 unspecified atom stereocenters. The standard InChI is InChI=1S/C18H17F3N2O3/c1-26-15-8-3-2-6-13(15)10-16(24)22-11-12-5-4-7-14(9-12)23-17(25)18(19,20)21/h2-9H,10-11H2,1H3,(H,22,24)(H,23,25).